The van der Waals surface area contributed by atoms with Crippen molar-refractivity contribution >= 4 is 23.8 Å². The standard InChI is InChI=1S/C22H22N4O3/c1-14-11-17(13-24-25-21(27)19-9-4-5-10-20(19)23)15(2)26(14)18-8-6-7-16(12-18)22(28)29-3/h4-13H,23H2,1-3H3,(H,25,27)/b24-13-. The van der Waals surface area contributed by atoms with Gasteiger partial charge in [0.1, 0.15) is 0 Å². The van der Waals surface area contributed by atoms with Crippen molar-refractivity contribution in [1.29, 1.82) is 0 Å². The van der Waals surface area contributed by atoms with Crippen LogP contribution < -0.4 is 11.2 Å². The maximum Gasteiger partial charge on any atom is 0.337 e. The molecule has 0 saturated carbocycles. The van der Waals surface area contributed by atoms with Crippen LogP contribution >= 0.6 is 0 Å². The van der Waals surface area contributed by atoms with Crippen LogP contribution in [0, 0.1) is 13.8 Å². The molecule has 0 aliphatic rings. The molecule has 0 radical (unpaired) electrons. The number of hydrogen-bond acceptors (Lipinski definition) is 5. The normalized spacial score (nSPS) is 10.9. The molecular weight excluding hydrogens is 368 g/mol. The molecule has 0 aliphatic heterocycles. The summed E-state index contributed by atoms with van der Waals surface area (Å²) in [6.07, 6.45) is 1.58. The van der Waals surface area contributed by atoms with E-state index in [-0.39, 0.29) is 11.9 Å². The quantitative estimate of drug-likeness (QED) is 0.302. The summed E-state index contributed by atoms with van der Waals surface area (Å²) in [6.45, 7) is 3.90. The number of esters is 1. The third kappa shape index (κ3) is 4.19. The lowest BCUT2D eigenvalue weighted by Crippen LogP contribution is -2.19. The molecule has 3 rings (SSSR count). The van der Waals surface area contributed by atoms with Gasteiger partial charge in [0.2, 0.25) is 0 Å². The van der Waals surface area contributed by atoms with Crippen LogP contribution in [0.25, 0.3) is 5.69 Å². The summed E-state index contributed by atoms with van der Waals surface area (Å²) in [5, 5.41) is 4.06. The Hall–Kier alpha value is -3.87. The summed E-state index contributed by atoms with van der Waals surface area (Å²) >= 11 is 0. The van der Waals surface area contributed by atoms with E-state index in [0.29, 0.717) is 16.8 Å². The average molecular weight is 390 g/mol. The number of para-hydroxylation sites is 1. The van der Waals surface area contributed by atoms with Gasteiger partial charge in [-0.3, -0.25) is 4.79 Å². The predicted molar refractivity (Wildman–Crippen MR) is 112 cm³/mol. The van der Waals surface area contributed by atoms with Crippen LogP contribution in [0.3, 0.4) is 0 Å². The van der Waals surface area contributed by atoms with Gasteiger partial charge in [0, 0.05) is 28.3 Å². The molecule has 0 fully saturated rings. The number of nitrogens with one attached hydrogen (secondary N) is 1. The summed E-state index contributed by atoms with van der Waals surface area (Å²) in [5.74, 6) is -0.766. The Labute approximate surface area is 168 Å². The molecule has 2 aromatic carbocycles. The number of carbonyl (C=O) groups excluding carboxylic acids is 2. The van der Waals surface area contributed by atoms with Crippen LogP contribution in [-0.4, -0.2) is 29.8 Å². The summed E-state index contributed by atoms with van der Waals surface area (Å²) in [7, 11) is 1.35. The lowest BCUT2D eigenvalue weighted by molar-refractivity contribution is 0.0600. The number of hydrogen-bond donors (Lipinski definition) is 2. The number of benzene rings is 2. The minimum absolute atomic E-state index is 0.370. The van der Waals surface area contributed by atoms with Crippen LogP contribution in [0.1, 0.15) is 37.7 Å². The van der Waals surface area contributed by atoms with E-state index in [4.69, 9.17) is 10.5 Å². The first kappa shape index (κ1) is 19.9. The number of nitrogens with two attached hydrogens (primary N) is 1. The first-order chi connectivity index (χ1) is 13.9. The summed E-state index contributed by atoms with van der Waals surface area (Å²) < 4.78 is 6.80. The Kier molecular flexibility index (Phi) is 5.78. The predicted octanol–water partition coefficient (Wildman–Crippen LogP) is 3.23. The molecule has 0 saturated heterocycles. The minimum atomic E-state index is -0.390. The van der Waals surface area contributed by atoms with Crippen LogP contribution in [0.15, 0.2) is 59.7 Å². The first-order valence-corrected chi connectivity index (χ1v) is 8.98. The Morgan fingerprint density at radius 2 is 1.86 bits per heavy atom. The molecule has 0 unspecified atom stereocenters. The molecule has 7 nitrogen and oxygen atoms in total. The number of nitrogen functional groups attached to an aromatic ring is 1. The molecule has 1 amide bonds. The van der Waals surface area contributed by atoms with Crippen molar-refractivity contribution in [1.82, 2.24) is 9.99 Å². The number of anilines is 1. The Morgan fingerprint density at radius 3 is 2.59 bits per heavy atom. The van der Waals surface area contributed by atoms with Crippen molar-refractivity contribution in [2.24, 2.45) is 5.10 Å². The van der Waals surface area contributed by atoms with E-state index in [9.17, 15) is 9.59 Å². The van der Waals surface area contributed by atoms with Gasteiger partial charge >= 0.3 is 5.97 Å². The highest BCUT2D eigenvalue weighted by Gasteiger charge is 2.12. The van der Waals surface area contributed by atoms with Gasteiger partial charge in [0.25, 0.3) is 5.91 Å². The number of hydrazone groups is 1. The molecule has 0 atom stereocenters. The zero-order valence-electron chi connectivity index (χ0n) is 16.5. The van der Waals surface area contributed by atoms with Gasteiger partial charge in [-0.05, 0) is 50.2 Å². The van der Waals surface area contributed by atoms with Gasteiger partial charge in [0.05, 0.1) is 24.5 Å². The molecular formula is C22H22N4O3. The molecule has 29 heavy (non-hydrogen) atoms. The maximum atomic E-state index is 12.2. The molecule has 0 spiro atoms. The smallest absolute Gasteiger partial charge is 0.337 e. The number of amides is 1. The van der Waals surface area contributed by atoms with Gasteiger partial charge in [-0.1, -0.05) is 18.2 Å². The number of methoxy groups -OCH3 is 1. The van der Waals surface area contributed by atoms with Crippen LogP contribution in [0.5, 0.6) is 0 Å². The number of aromatic nitrogens is 1. The third-order valence-corrected chi connectivity index (χ3v) is 4.57. The second-order valence-electron chi connectivity index (χ2n) is 6.49. The zero-order chi connectivity index (χ0) is 21.0. The minimum Gasteiger partial charge on any atom is -0.465 e. The lowest BCUT2D eigenvalue weighted by atomic mass is 10.2. The van der Waals surface area contributed by atoms with Gasteiger partial charge in [0.15, 0.2) is 0 Å². The zero-order valence-corrected chi connectivity index (χ0v) is 16.5. The van der Waals surface area contributed by atoms with Crippen LogP contribution in [-0.2, 0) is 4.74 Å². The second kappa shape index (κ2) is 8.43. The van der Waals surface area contributed by atoms with E-state index in [2.05, 4.69) is 10.5 Å². The monoisotopic (exact) mass is 390 g/mol. The summed E-state index contributed by atoms with van der Waals surface area (Å²) in [4.78, 5) is 24.0. The van der Waals surface area contributed by atoms with Crippen molar-refractivity contribution < 1.29 is 14.3 Å². The molecule has 3 N–H and O–H groups in total. The van der Waals surface area contributed by atoms with Gasteiger partial charge in [-0.15, -0.1) is 0 Å². The largest absolute Gasteiger partial charge is 0.465 e. The highest BCUT2D eigenvalue weighted by Crippen LogP contribution is 2.21. The highest BCUT2D eigenvalue weighted by molar-refractivity contribution is 5.99. The van der Waals surface area contributed by atoms with E-state index in [1.807, 2.05) is 30.5 Å². The van der Waals surface area contributed by atoms with Crippen molar-refractivity contribution in [2.45, 2.75) is 13.8 Å². The summed E-state index contributed by atoms with van der Waals surface area (Å²) in [5.41, 5.74) is 13.1. The fourth-order valence-corrected chi connectivity index (χ4v) is 3.13. The van der Waals surface area contributed by atoms with E-state index in [1.165, 1.54) is 7.11 Å². The Bertz CT molecular complexity index is 1100. The van der Waals surface area contributed by atoms with Crippen molar-refractivity contribution in [3.8, 4) is 5.69 Å². The number of aryl methyl sites for hydroxylation is 1. The van der Waals surface area contributed by atoms with Crippen LogP contribution in [0.4, 0.5) is 5.69 Å². The van der Waals surface area contributed by atoms with Crippen LogP contribution in [0.2, 0.25) is 0 Å². The molecule has 1 heterocycles. The number of carbonyl (C=O) groups is 2. The molecule has 1 aromatic heterocycles. The van der Waals surface area contributed by atoms with E-state index in [0.717, 1.165) is 22.6 Å². The van der Waals surface area contributed by atoms with Gasteiger partial charge < -0.3 is 15.0 Å². The molecule has 3 aromatic rings. The third-order valence-electron chi connectivity index (χ3n) is 4.57. The SMILES string of the molecule is COC(=O)c1cccc(-n2c(C)cc(/C=N\NC(=O)c3ccccc3N)c2C)c1. The van der Waals surface area contributed by atoms with Crippen molar-refractivity contribution in [2.75, 3.05) is 12.8 Å². The molecule has 0 aliphatic carbocycles. The number of nitrogens with zero attached hydrogens (tertiary/aromatic N) is 2. The number of ether oxygens (including phenoxy) is 1. The lowest BCUT2D eigenvalue weighted by Gasteiger charge is -2.11. The van der Waals surface area contributed by atoms with E-state index < -0.39 is 0 Å². The molecule has 0 bridgehead atoms. The highest BCUT2D eigenvalue weighted by atomic mass is 16.5. The van der Waals surface area contributed by atoms with Gasteiger partial charge in [-0.25, -0.2) is 10.2 Å². The molecule has 7 heteroatoms. The summed E-state index contributed by atoms with van der Waals surface area (Å²) in [6, 6.07) is 15.9. The fraction of sp³-hybridized carbons (Fsp3) is 0.136. The Balaban J connectivity index is 1.83. The fourth-order valence-electron chi connectivity index (χ4n) is 3.13. The van der Waals surface area contributed by atoms with E-state index >= 15 is 0 Å². The second-order valence-corrected chi connectivity index (χ2v) is 6.49. The Morgan fingerprint density at radius 1 is 1.10 bits per heavy atom. The van der Waals surface area contributed by atoms with E-state index in [1.54, 1.807) is 48.7 Å². The number of rotatable bonds is 5. The topological polar surface area (TPSA) is 98.7 Å². The van der Waals surface area contributed by atoms with Crippen molar-refractivity contribution in [3.05, 3.63) is 82.7 Å². The first-order valence-electron chi connectivity index (χ1n) is 8.98. The average Bonchev–Trinajstić information content (AvgIpc) is 3.00. The maximum absolute atomic E-state index is 12.2. The molecule has 148 valence electrons. The van der Waals surface area contributed by atoms with Crippen molar-refractivity contribution in [3.63, 3.8) is 0 Å². The van der Waals surface area contributed by atoms with Gasteiger partial charge in [-0.2, -0.15) is 5.10 Å².